The van der Waals surface area contributed by atoms with Crippen molar-refractivity contribution in [1.29, 1.82) is 0 Å². The molecule has 2 aromatic heterocycles. The van der Waals surface area contributed by atoms with Gasteiger partial charge in [-0.2, -0.15) is 10.2 Å². The summed E-state index contributed by atoms with van der Waals surface area (Å²) in [5.41, 5.74) is 1.55. The van der Waals surface area contributed by atoms with Crippen LogP contribution in [-0.4, -0.2) is 20.4 Å². The highest BCUT2D eigenvalue weighted by molar-refractivity contribution is 5.71. The quantitative estimate of drug-likeness (QED) is 0.521. The van der Waals surface area contributed by atoms with E-state index in [0.717, 1.165) is 11.0 Å². The van der Waals surface area contributed by atoms with Crippen LogP contribution in [0.5, 0.6) is 0 Å². The Kier molecular flexibility index (Phi) is 1.04. The number of rotatable bonds is 0. The molecule has 4 heteroatoms. The van der Waals surface area contributed by atoms with Gasteiger partial charge in [0.25, 0.3) is 0 Å². The van der Waals surface area contributed by atoms with Crippen LogP contribution in [-0.2, 0) is 0 Å². The fourth-order valence-electron chi connectivity index (χ4n) is 0.739. The predicted molar refractivity (Wildman–Crippen MR) is 35.1 cm³/mol. The van der Waals surface area contributed by atoms with Gasteiger partial charge in [0.15, 0.2) is 0 Å². The van der Waals surface area contributed by atoms with Gasteiger partial charge in [0.05, 0.1) is 12.4 Å². The van der Waals surface area contributed by atoms with Gasteiger partial charge in [0.2, 0.25) is 0 Å². The first-order chi connectivity index (χ1) is 4.97. The van der Waals surface area contributed by atoms with E-state index in [-0.39, 0.29) is 0 Å². The van der Waals surface area contributed by atoms with Crippen molar-refractivity contribution in [3.63, 3.8) is 0 Å². The van der Waals surface area contributed by atoms with Gasteiger partial charge in [0, 0.05) is 0 Å². The van der Waals surface area contributed by atoms with Crippen LogP contribution < -0.4 is 0 Å². The zero-order valence-electron chi connectivity index (χ0n) is 5.10. The Morgan fingerprint density at radius 2 is 1.30 bits per heavy atom. The number of hydrogen-bond acceptors (Lipinski definition) is 4. The van der Waals surface area contributed by atoms with E-state index in [4.69, 9.17) is 0 Å². The molecular formula is C6H4N4. The van der Waals surface area contributed by atoms with Crippen molar-refractivity contribution in [2.75, 3.05) is 0 Å². The summed E-state index contributed by atoms with van der Waals surface area (Å²) in [4.78, 5) is 0. The van der Waals surface area contributed by atoms with Crippen molar-refractivity contribution in [3.05, 3.63) is 24.5 Å². The molecule has 0 aromatic carbocycles. The first kappa shape index (κ1) is 5.22. The van der Waals surface area contributed by atoms with Gasteiger partial charge in [0.1, 0.15) is 11.0 Å². The highest BCUT2D eigenvalue weighted by Crippen LogP contribution is 2.00. The Balaban J connectivity index is 2.89. The van der Waals surface area contributed by atoms with E-state index in [1.54, 1.807) is 24.5 Å². The predicted octanol–water partition coefficient (Wildman–Crippen LogP) is 0.420. The van der Waals surface area contributed by atoms with Crippen LogP contribution >= 0.6 is 0 Å². The van der Waals surface area contributed by atoms with Crippen LogP contribution in [0.3, 0.4) is 0 Å². The monoisotopic (exact) mass is 132 g/mol. The molecule has 0 N–H and O–H groups in total. The smallest absolute Gasteiger partial charge is 0.115 e. The lowest BCUT2D eigenvalue weighted by molar-refractivity contribution is 1.02. The molecule has 0 radical (unpaired) electrons. The largest absolute Gasteiger partial charge is 0.158 e. The summed E-state index contributed by atoms with van der Waals surface area (Å²) in [6, 6.07) is 3.55. The van der Waals surface area contributed by atoms with Crippen molar-refractivity contribution < 1.29 is 0 Å². The molecule has 0 saturated carbocycles. The van der Waals surface area contributed by atoms with Crippen LogP contribution in [0.2, 0.25) is 0 Å². The standard InChI is InChI=1S/C6H4N4/c1-3-7-10-6-2-4-8-9-5(1)6/h1-4H. The molecule has 2 aromatic rings. The molecule has 2 rings (SSSR count). The van der Waals surface area contributed by atoms with E-state index in [1.165, 1.54) is 0 Å². The van der Waals surface area contributed by atoms with Gasteiger partial charge in [-0.1, -0.05) is 0 Å². The fraction of sp³-hybridized carbons (Fsp3) is 0. The van der Waals surface area contributed by atoms with Gasteiger partial charge >= 0.3 is 0 Å². The first-order valence-corrected chi connectivity index (χ1v) is 2.86. The minimum atomic E-state index is 0.775. The Bertz CT molecular complexity index is 281. The van der Waals surface area contributed by atoms with Crippen LogP contribution in [0, 0.1) is 0 Å². The summed E-state index contributed by atoms with van der Waals surface area (Å²) >= 11 is 0. The number of hydrogen-bond donors (Lipinski definition) is 0. The lowest BCUT2D eigenvalue weighted by Gasteiger charge is -1.88. The molecule has 0 bridgehead atoms. The second-order valence-electron chi connectivity index (χ2n) is 1.83. The molecule has 10 heavy (non-hydrogen) atoms. The highest BCUT2D eigenvalue weighted by Gasteiger charge is 1.90. The van der Waals surface area contributed by atoms with E-state index in [1.807, 2.05) is 0 Å². The van der Waals surface area contributed by atoms with Crippen molar-refractivity contribution in [3.8, 4) is 0 Å². The van der Waals surface area contributed by atoms with Crippen molar-refractivity contribution >= 4 is 11.0 Å². The number of nitrogens with zero attached hydrogens (tertiary/aromatic N) is 4. The second kappa shape index (κ2) is 1.98. The average molecular weight is 132 g/mol. The third-order valence-corrected chi connectivity index (χ3v) is 1.19. The van der Waals surface area contributed by atoms with Gasteiger partial charge < -0.3 is 0 Å². The van der Waals surface area contributed by atoms with Gasteiger partial charge in [-0.25, -0.2) is 0 Å². The molecular weight excluding hydrogens is 128 g/mol. The van der Waals surface area contributed by atoms with E-state index >= 15 is 0 Å². The van der Waals surface area contributed by atoms with Crippen LogP contribution in [0.4, 0.5) is 0 Å². The molecule has 4 nitrogen and oxygen atoms in total. The minimum absolute atomic E-state index is 0.775. The summed E-state index contributed by atoms with van der Waals surface area (Å²) in [5, 5.41) is 15.0. The average Bonchev–Trinajstić information content (AvgIpc) is 2.05. The lowest BCUT2D eigenvalue weighted by atomic mass is 10.4. The first-order valence-electron chi connectivity index (χ1n) is 2.86. The molecule has 0 amide bonds. The SMILES string of the molecule is c1cc2nnccc2nn1. The third kappa shape index (κ3) is 0.699. The highest BCUT2D eigenvalue weighted by atomic mass is 15.1. The van der Waals surface area contributed by atoms with E-state index in [9.17, 15) is 0 Å². The van der Waals surface area contributed by atoms with E-state index < -0.39 is 0 Å². The molecule has 0 aliphatic heterocycles. The Morgan fingerprint density at radius 3 is 1.80 bits per heavy atom. The maximum absolute atomic E-state index is 3.83. The molecule has 0 aliphatic rings. The molecule has 2 heterocycles. The maximum Gasteiger partial charge on any atom is 0.115 e. The van der Waals surface area contributed by atoms with Gasteiger partial charge in [-0.15, -0.1) is 10.2 Å². The van der Waals surface area contributed by atoms with Crippen LogP contribution in [0.25, 0.3) is 11.0 Å². The van der Waals surface area contributed by atoms with E-state index in [0.29, 0.717) is 0 Å². The molecule has 48 valence electrons. The molecule has 0 fully saturated rings. The summed E-state index contributed by atoms with van der Waals surface area (Å²) in [5.74, 6) is 0. The maximum atomic E-state index is 3.83. The molecule has 0 saturated heterocycles. The lowest BCUT2D eigenvalue weighted by Crippen LogP contribution is -1.86. The van der Waals surface area contributed by atoms with Crippen LogP contribution in [0.1, 0.15) is 0 Å². The molecule has 0 spiro atoms. The topological polar surface area (TPSA) is 51.6 Å². The summed E-state index contributed by atoms with van der Waals surface area (Å²) in [7, 11) is 0. The van der Waals surface area contributed by atoms with E-state index in [2.05, 4.69) is 20.4 Å². The Labute approximate surface area is 56.9 Å². The third-order valence-electron chi connectivity index (χ3n) is 1.19. The van der Waals surface area contributed by atoms with Gasteiger partial charge in [-0.05, 0) is 12.1 Å². The normalized spacial score (nSPS) is 10.0. The van der Waals surface area contributed by atoms with Crippen molar-refractivity contribution in [1.82, 2.24) is 20.4 Å². The Hall–Kier alpha value is -1.58. The summed E-state index contributed by atoms with van der Waals surface area (Å²) in [6.45, 7) is 0. The molecule has 0 unspecified atom stereocenters. The van der Waals surface area contributed by atoms with Crippen LogP contribution in [0.15, 0.2) is 24.5 Å². The van der Waals surface area contributed by atoms with Crippen molar-refractivity contribution in [2.45, 2.75) is 0 Å². The summed E-state index contributed by atoms with van der Waals surface area (Å²) in [6.07, 6.45) is 3.19. The molecule has 0 aliphatic carbocycles. The number of aromatic nitrogens is 4. The Morgan fingerprint density at radius 1 is 0.800 bits per heavy atom. The zero-order valence-corrected chi connectivity index (χ0v) is 5.10. The zero-order chi connectivity index (χ0) is 6.81. The number of fused-ring (bicyclic) bond motifs is 1. The second-order valence-corrected chi connectivity index (χ2v) is 1.83. The fourth-order valence-corrected chi connectivity index (χ4v) is 0.739. The van der Waals surface area contributed by atoms with Crippen molar-refractivity contribution in [2.24, 2.45) is 0 Å². The summed E-state index contributed by atoms with van der Waals surface area (Å²) < 4.78 is 0. The minimum Gasteiger partial charge on any atom is -0.158 e. The van der Waals surface area contributed by atoms with Gasteiger partial charge in [-0.3, -0.25) is 0 Å². The molecule has 0 atom stereocenters.